The lowest BCUT2D eigenvalue weighted by Gasteiger charge is -2.15. The predicted molar refractivity (Wildman–Crippen MR) is 54.4 cm³/mol. The molecular weight excluding hydrogens is 182 g/mol. The van der Waals surface area contributed by atoms with Crippen LogP contribution in [0.2, 0.25) is 0 Å². The lowest BCUT2D eigenvalue weighted by atomic mass is 10.3. The number of hydrogen-bond donors (Lipinski definition) is 1. The Morgan fingerprint density at radius 3 is 2.93 bits per heavy atom. The molecule has 4 nitrogen and oxygen atoms in total. The number of aliphatic hydroxyl groups excluding tert-OH is 1. The highest BCUT2D eigenvalue weighted by atomic mass is 16.5. The summed E-state index contributed by atoms with van der Waals surface area (Å²) in [5, 5.41) is 8.49. The Hall–Kier alpha value is -0.160. The Morgan fingerprint density at radius 2 is 2.29 bits per heavy atom. The molecule has 1 atom stereocenters. The van der Waals surface area contributed by atoms with Crippen molar-refractivity contribution in [3.8, 4) is 0 Å². The van der Waals surface area contributed by atoms with E-state index in [2.05, 4.69) is 4.90 Å². The smallest absolute Gasteiger partial charge is 0.0710 e. The number of nitrogens with zero attached hydrogens (tertiary/aromatic N) is 1. The zero-order valence-corrected chi connectivity index (χ0v) is 8.95. The molecule has 1 rings (SSSR count). The molecule has 84 valence electrons. The number of likely N-dealkylation sites (tertiary alicyclic amines) is 1. The molecular formula is C10H21NO3. The lowest BCUT2D eigenvalue weighted by Crippen LogP contribution is -2.24. The Kier molecular flexibility index (Phi) is 6.10. The van der Waals surface area contributed by atoms with E-state index in [0.717, 1.165) is 39.1 Å². The van der Waals surface area contributed by atoms with Gasteiger partial charge < -0.3 is 19.5 Å². The van der Waals surface area contributed by atoms with Gasteiger partial charge in [0.05, 0.1) is 19.3 Å². The second-order valence-electron chi connectivity index (χ2n) is 3.64. The molecule has 1 aliphatic rings. The minimum absolute atomic E-state index is 0.120. The number of aliphatic hydroxyl groups is 1. The van der Waals surface area contributed by atoms with Crippen LogP contribution in [-0.4, -0.2) is 62.7 Å². The van der Waals surface area contributed by atoms with E-state index >= 15 is 0 Å². The van der Waals surface area contributed by atoms with Crippen LogP contribution >= 0.6 is 0 Å². The summed E-state index contributed by atoms with van der Waals surface area (Å²) in [5.74, 6) is 0. The van der Waals surface area contributed by atoms with Crippen molar-refractivity contribution >= 4 is 0 Å². The molecule has 1 fully saturated rings. The summed E-state index contributed by atoms with van der Waals surface area (Å²) >= 11 is 0. The molecule has 1 N–H and O–H groups in total. The Morgan fingerprint density at radius 1 is 1.43 bits per heavy atom. The standard InChI is InChI=1S/C10H21NO3/c1-13-10-3-5-11(9-10)4-2-7-14-8-6-12/h10,12H,2-9H2,1H3. The highest BCUT2D eigenvalue weighted by molar-refractivity contribution is 4.75. The third kappa shape index (κ3) is 4.37. The maximum absolute atomic E-state index is 8.49. The van der Waals surface area contributed by atoms with Gasteiger partial charge in [0, 0.05) is 33.4 Å². The number of rotatable bonds is 7. The van der Waals surface area contributed by atoms with Gasteiger partial charge in [-0.3, -0.25) is 0 Å². The SMILES string of the molecule is COC1CCN(CCCOCCO)C1. The van der Waals surface area contributed by atoms with Crippen molar-refractivity contribution < 1.29 is 14.6 Å². The van der Waals surface area contributed by atoms with E-state index in [0.29, 0.717) is 12.7 Å². The summed E-state index contributed by atoms with van der Waals surface area (Å²) in [7, 11) is 1.78. The molecule has 0 spiro atoms. The van der Waals surface area contributed by atoms with Crippen LogP contribution in [0.3, 0.4) is 0 Å². The van der Waals surface area contributed by atoms with Crippen LogP contribution < -0.4 is 0 Å². The molecule has 0 radical (unpaired) electrons. The molecule has 0 aliphatic carbocycles. The fourth-order valence-electron chi connectivity index (χ4n) is 1.75. The average molecular weight is 203 g/mol. The molecule has 1 aliphatic heterocycles. The number of hydrogen-bond acceptors (Lipinski definition) is 4. The minimum Gasteiger partial charge on any atom is -0.394 e. The molecule has 0 aromatic heterocycles. The fraction of sp³-hybridized carbons (Fsp3) is 1.00. The van der Waals surface area contributed by atoms with E-state index in [1.807, 2.05) is 0 Å². The highest BCUT2D eigenvalue weighted by Gasteiger charge is 2.20. The third-order valence-corrected chi connectivity index (χ3v) is 2.56. The molecule has 1 heterocycles. The third-order valence-electron chi connectivity index (χ3n) is 2.56. The fourth-order valence-corrected chi connectivity index (χ4v) is 1.75. The molecule has 0 aromatic carbocycles. The normalized spacial score (nSPS) is 23.1. The van der Waals surface area contributed by atoms with Crippen LogP contribution in [0.1, 0.15) is 12.8 Å². The topological polar surface area (TPSA) is 41.9 Å². The van der Waals surface area contributed by atoms with Crippen LogP contribution in [-0.2, 0) is 9.47 Å². The van der Waals surface area contributed by atoms with Gasteiger partial charge in [0.25, 0.3) is 0 Å². The second kappa shape index (κ2) is 7.17. The van der Waals surface area contributed by atoms with Crippen molar-refractivity contribution in [2.45, 2.75) is 18.9 Å². The van der Waals surface area contributed by atoms with Crippen LogP contribution in [0.25, 0.3) is 0 Å². The first-order valence-electron chi connectivity index (χ1n) is 5.30. The first-order chi connectivity index (χ1) is 6.86. The molecule has 0 saturated carbocycles. The minimum atomic E-state index is 0.120. The number of methoxy groups -OCH3 is 1. The van der Waals surface area contributed by atoms with Gasteiger partial charge in [-0.1, -0.05) is 0 Å². The summed E-state index contributed by atoms with van der Waals surface area (Å²) in [5.41, 5.74) is 0. The monoisotopic (exact) mass is 203 g/mol. The molecule has 1 saturated heterocycles. The van der Waals surface area contributed by atoms with Crippen molar-refractivity contribution in [1.82, 2.24) is 4.90 Å². The Bertz CT molecular complexity index is 143. The van der Waals surface area contributed by atoms with Crippen LogP contribution in [0.4, 0.5) is 0 Å². The maximum atomic E-state index is 8.49. The second-order valence-corrected chi connectivity index (χ2v) is 3.64. The van der Waals surface area contributed by atoms with E-state index in [1.54, 1.807) is 7.11 Å². The van der Waals surface area contributed by atoms with E-state index < -0.39 is 0 Å². The molecule has 0 bridgehead atoms. The average Bonchev–Trinajstić information content (AvgIpc) is 2.65. The molecule has 14 heavy (non-hydrogen) atoms. The summed E-state index contributed by atoms with van der Waals surface area (Å²) in [6.07, 6.45) is 2.61. The van der Waals surface area contributed by atoms with Gasteiger partial charge in [0.2, 0.25) is 0 Å². The first-order valence-corrected chi connectivity index (χ1v) is 5.30. The van der Waals surface area contributed by atoms with Crippen LogP contribution in [0.5, 0.6) is 0 Å². The summed E-state index contributed by atoms with van der Waals surface area (Å²) in [6.45, 7) is 4.59. The van der Waals surface area contributed by atoms with Crippen LogP contribution in [0.15, 0.2) is 0 Å². The Labute approximate surface area is 85.8 Å². The molecule has 4 heteroatoms. The van der Waals surface area contributed by atoms with Gasteiger partial charge in [-0.15, -0.1) is 0 Å². The van der Waals surface area contributed by atoms with Gasteiger partial charge in [-0.25, -0.2) is 0 Å². The van der Waals surface area contributed by atoms with E-state index in [1.165, 1.54) is 0 Å². The maximum Gasteiger partial charge on any atom is 0.0710 e. The van der Waals surface area contributed by atoms with Crippen molar-refractivity contribution in [1.29, 1.82) is 0 Å². The summed E-state index contributed by atoms with van der Waals surface area (Å²) in [4.78, 5) is 2.40. The van der Waals surface area contributed by atoms with E-state index in [9.17, 15) is 0 Å². The summed E-state index contributed by atoms with van der Waals surface area (Å²) < 4.78 is 10.5. The van der Waals surface area contributed by atoms with E-state index in [4.69, 9.17) is 14.6 Å². The predicted octanol–water partition coefficient (Wildman–Crippen LogP) is 0.106. The van der Waals surface area contributed by atoms with Gasteiger partial charge in [-0.05, 0) is 12.8 Å². The van der Waals surface area contributed by atoms with Crippen molar-refractivity contribution in [3.05, 3.63) is 0 Å². The van der Waals surface area contributed by atoms with Gasteiger partial charge in [0.1, 0.15) is 0 Å². The largest absolute Gasteiger partial charge is 0.394 e. The van der Waals surface area contributed by atoms with Crippen molar-refractivity contribution in [3.63, 3.8) is 0 Å². The first kappa shape index (κ1) is 11.9. The van der Waals surface area contributed by atoms with Gasteiger partial charge in [0.15, 0.2) is 0 Å². The van der Waals surface area contributed by atoms with E-state index in [-0.39, 0.29) is 6.61 Å². The Balaban J connectivity index is 1.92. The van der Waals surface area contributed by atoms with Crippen molar-refractivity contribution in [2.24, 2.45) is 0 Å². The van der Waals surface area contributed by atoms with Gasteiger partial charge >= 0.3 is 0 Å². The molecule has 1 unspecified atom stereocenters. The van der Waals surface area contributed by atoms with Crippen molar-refractivity contribution in [2.75, 3.05) is 46.6 Å². The highest BCUT2D eigenvalue weighted by Crippen LogP contribution is 2.11. The lowest BCUT2D eigenvalue weighted by molar-refractivity contribution is 0.0821. The number of ether oxygens (including phenoxy) is 2. The molecule has 0 aromatic rings. The zero-order valence-electron chi connectivity index (χ0n) is 8.95. The van der Waals surface area contributed by atoms with Crippen LogP contribution in [0, 0.1) is 0 Å². The molecule has 0 amide bonds. The van der Waals surface area contributed by atoms with Gasteiger partial charge in [-0.2, -0.15) is 0 Å². The zero-order chi connectivity index (χ0) is 10.2. The quantitative estimate of drug-likeness (QED) is 0.596. The summed E-state index contributed by atoms with van der Waals surface area (Å²) in [6, 6.07) is 0.